The van der Waals surface area contributed by atoms with Crippen LogP contribution in [0, 0.1) is 12.8 Å². The third kappa shape index (κ3) is 4.04. The molecule has 0 saturated carbocycles. The van der Waals surface area contributed by atoms with Crippen molar-refractivity contribution in [3.63, 3.8) is 0 Å². The van der Waals surface area contributed by atoms with Crippen LogP contribution in [0.2, 0.25) is 0 Å². The van der Waals surface area contributed by atoms with Crippen LogP contribution in [0.5, 0.6) is 0 Å². The quantitative estimate of drug-likeness (QED) is 0.809. The maximum absolute atomic E-state index is 4.23. The summed E-state index contributed by atoms with van der Waals surface area (Å²) in [6, 6.07) is 0. The van der Waals surface area contributed by atoms with Gasteiger partial charge in [-0.2, -0.15) is 0 Å². The van der Waals surface area contributed by atoms with E-state index in [-0.39, 0.29) is 0 Å². The standard InChI is InChI=1S/C10H17N3.C2H6/c1-9-6-13(8-12-9)7-10-2-4-11-5-3-10;1-2/h6,8,10-11H,2-5,7H2,1H3;1-2H3. The number of nitrogens with one attached hydrogen (secondary N) is 1. The van der Waals surface area contributed by atoms with Crippen LogP contribution in [-0.4, -0.2) is 22.6 Å². The lowest BCUT2D eigenvalue weighted by Crippen LogP contribution is -2.29. The van der Waals surface area contributed by atoms with E-state index in [1.165, 1.54) is 25.9 Å². The molecule has 1 fully saturated rings. The molecule has 0 bridgehead atoms. The van der Waals surface area contributed by atoms with Gasteiger partial charge in [-0.1, -0.05) is 13.8 Å². The molecule has 0 aliphatic carbocycles. The number of aromatic nitrogens is 2. The van der Waals surface area contributed by atoms with E-state index >= 15 is 0 Å². The van der Waals surface area contributed by atoms with Crippen LogP contribution in [0.1, 0.15) is 32.4 Å². The summed E-state index contributed by atoms with van der Waals surface area (Å²) in [6.07, 6.45) is 6.67. The lowest BCUT2D eigenvalue weighted by molar-refractivity contribution is 0.333. The van der Waals surface area contributed by atoms with Crippen LogP contribution < -0.4 is 5.32 Å². The summed E-state index contributed by atoms with van der Waals surface area (Å²) in [4.78, 5) is 4.23. The van der Waals surface area contributed by atoms with E-state index in [0.29, 0.717) is 0 Å². The summed E-state index contributed by atoms with van der Waals surface area (Å²) in [7, 11) is 0. The highest BCUT2D eigenvalue weighted by atomic mass is 15.0. The molecule has 1 aliphatic rings. The van der Waals surface area contributed by atoms with E-state index in [2.05, 4.69) is 21.1 Å². The van der Waals surface area contributed by atoms with Crippen molar-refractivity contribution in [3.8, 4) is 0 Å². The second kappa shape index (κ2) is 6.62. The van der Waals surface area contributed by atoms with Gasteiger partial charge in [-0.15, -0.1) is 0 Å². The van der Waals surface area contributed by atoms with Gasteiger partial charge in [0, 0.05) is 12.7 Å². The van der Waals surface area contributed by atoms with Crippen LogP contribution >= 0.6 is 0 Å². The van der Waals surface area contributed by atoms with Gasteiger partial charge in [0.25, 0.3) is 0 Å². The molecule has 0 spiro atoms. The molecule has 15 heavy (non-hydrogen) atoms. The molecular weight excluding hydrogens is 186 g/mol. The van der Waals surface area contributed by atoms with Gasteiger partial charge in [0.2, 0.25) is 0 Å². The summed E-state index contributed by atoms with van der Waals surface area (Å²) in [5.74, 6) is 0.842. The third-order valence-corrected chi connectivity index (χ3v) is 2.69. The van der Waals surface area contributed by atoms with Crippen LogP contribution in [0.15, 0.2) is 12.5 Å². The van der Waals surface area contributed by atoms with Crippen LogP contribution in [0.25, 0.3) is 0 Å². The van der Waals surface area contributed by atoms with E-state index in [0.717, 1.165) is 18.2 Å². The summed E-state index contributed by atoms with van der Waals surface area (Å²) in [6.45, 7) is 9.54. The van der Waals surface area contributed by atoms with Crippen molar-refractivity contribution < 1.29 is 0 Å². The predicted octanol–water partition coefficient (Wildman–Crippen LogP) is 2.22. The summed E-state index contributed by atoms with van der Waals surface area (Å²) < 4.78 is 2.21. The summed E-state index contributed by atoms with van der Waals surface area (Å²) in [5.41, 5.74) is 1.12. The predicted molar refractivity (Wildman–Crippen MR) is 63.9 cm³/mol. The number of hydrogen-bond donors (Lipinski definition) is 1. The Morgan fingerprint density at radius 2 is 2.07 bits per heavy atom. The van der Waals surface area contributed by atoms with Crippen molar-refractivity contribution in [1.82, 2.24) is 14.9 Å². The first-order valence-corrected chi connectivity index (χ1v) is 6.03. The number of piperidine rings is 1. The van der Waals surface area contributed by atoms with Crippen LogP contribution in [0.3, 0.4) is 0 Å². The molecule has 3 nitrogen and oxygen atoms in total. The minimum absolute atomic E-state index is 0.842. The maximum atomic E-state index is 4.23. The molecule has 0 unspecified atom stereocenters. The molecule has 0 aromatic carbocycles. The Balaban J connectivity index is 0.000000531. The molecule has 3 heteroatoms. The van der Waals surface area contributed by atoms with Gasteiger partial charge < -0.3 is 9.88 Å². The first-order valence-electron chi connectivity index (χ1n) is 6.03. The van der Waals surface area contributed by atoms with Crippen molar-refractivity contribution in [2.75, 3.05) is 13.1 Å². The lowest BCUT2D eigenvalue weighted by atomic mass is 9.98. The molecular formula is C12H23N3. The number of hydrogen-bond acceptors (Lipinski definition) is 2. The van der Waals surface area contributed by atoms with Crippen molar-refractivity contribution >= 4 is 0 Å². The van der Waals surface area contributed by atoms with Crippen LogP contribution in [0.4, 0.5) is 0 Å². The first kappa shape index (κ1) is 12.2. The van der Waals surface area contributed by atoms with Gasteiger partial charge in [-0.25, -0.2) is 4.98 Å². The van der Waals surface area contributed by atoms with Gasteiger partial charge >= 0.3 is 0 Å². The fraction of sp³-hybridized carbons (Fsp3) is 0.750. The molecule has 0 amide bonds. The first-order chi connectivity index (χ1) is 7.34. The summed E-state index contributed by atoms with van der Waals surface area (Å²) in [5, 5.41) is 3.38. The lowest BCUT2D eigenvalue weighted by Gasteiger charge is -2.22. The van der Waals surface area contributed by atoms with E-state index in [9.17, 15) is 0 Å². The molecule has 0 radical (unpaired) electrons. The Morgan fingerprint density at radius 3 is 2.60 bits per heavy atom. The molecule has 1 saturated heterocycles. The number of nitrogens with zero attached hydrogens (tertiary/aromatic N) is 2. The van der Waals surface area contributed by atoms with Crippen molar-refractivity contribution in [1.29, 1.82) is 0 Å². The zero-order valence-electron chi connectivity index (χ0n) is 10.2. The average molecular weight is 209 g/mol. The molecule has 1 N–H and O–H groups in total. The van der Waals surface area contributed by atoms with Crippen molar-refractivity contribution in [2.24, 2.45) is 5.92 Å². The maximum Gasteiger partial charge on any atom is 0.0949 e. The van der Waals surface area contributed by atoms with Gasteiger partial charge in [-0.05, 0) is 38.8 Å². The SMILES string of the molecule is CC.Cc1cn(CC2CCNCC2)cn1. The Hall–Kier alpha value is -0.830. The number of rotatable bonds is 2. The highest BCUT2D eigenvalue weighted by Gasteiger charge is 2.12. The number of imidazole rings is 1. The van der Waals surface area contributed by atoms with Crippen LogP contribution in [-0.2, 0) is 6.54 Å². The van der Waals surface area contributed by atoms with Gasteiger partial charge in [0.05, 0.1) is 12.0 Å². The van der Waals surface area contributed by atoms with Crippen molar-refractivity contribution in [2.45, 2.75) is 40.2 Å². The molecule has 0 atom stereocenters. The minimum Gasteiger partial charge on any atom is -0.337 e. The zero-order valence-corrected chi connectivity index (χ0v) is 10.2. The smallest absolute Gasteiger partial charge is 0.0949 e. The van der Waals surface area contributed by atoms with Gasteiger partial charge in [-0.3, -0.25) is 0 Å². The average Bonchev–Trinajstić information content (AvgIpc) is 2.68. The fourth-order valence-electron chi connectivity index (χ4n) is 1.93. The molecule has 2 rings (SSSR count). The minimum atomic E-state index is 0.842. The molecule has 86 valence electrons. The van der Waals surface area contributed by atoms with Gasteiger partial charge in [0.1, 0.15) is 0 Å². The Bertz CT molecular complexity index is 262. The Morgan fingerprint density at radius 1 is 1.40 bits per heavy atom. The van der Waals surface area contributed by atoms with E-state index in [1.54, 1.807) is 0 Å². The molecule has 1 aliphatic heterocycles. The molecule has 2 heterocycles. The molecule has 1 aromatic heterocycles. The van der Waals surface area contributed by atoms with E-state index in [4.69, 9.17) is 0 Å². The van der Waals surface area contributed by atoms with E-state index < -0.39 is 0 Å². The fourth-order valence-corrected chi connectivity index (χ4v) is 1.93. The normalized spacial score (nSPS) is 17.0. The Labute approximate surface area is 92.9 Å². The third-order valence-electron chi connectivity index (χ3n) is 2.69. The highest BCUT2D eigenvalue weighted by Crippen LogP contribution is 2.14. The van der Waals surface area contributed by atoms with Gasteiger partial charge in [0.15, 0.2) is 0 Å². The zero-order chi connectivity index (χ0) is 11.1. The van der Waals surface area contributed by atoms with Crippen molar-refractivity contribution in [3.05, 3.63) is 18.2 Å². The topological polar surface area (TPSA) is 29.9 Å². The number of aryl methyl sites for hydroxylation is 1. The highest BCUT2D eigenvalue weighted by molar-refractivity contribution is 4.92. The second-order valence-electron chi connectivity index (χ2n) is 3.91. The molecule has 1 aromatic rings. The monoisotopic (exact) mass is 209 g/mol. The second-order valence-corrected chi connectivity index (χ2v) is 3.91. The van der Waals surface area contributed by atoms with E-state index in [1.807, 2.05) is 27.1 Å². The largest absolute Gasteiger partial charge is 0.337 e. The Kier molecular flexibility index (Phi) is 5.40. The summed E-state index contributed by atoms with van der Waals surface area (Å²) >= 11 is 0.